The molecule has 192 valence electrons. The number of hydrogen-bond donors (Lipinski definition) is 0. The molecule has 0 N–H and O–H groups in total. The fourth-order valence-corrected chi connectivity index (χ4v) is 6.13. The maximum absolute atomic E-state index is 12.3. The van der Waals surface area contributed by atoms with E-state index in [0.29, 0.717) is 11.5 Å². The molecular formula is C24H54I2N2O2S. The molecule has 7 heteroatoms. The Morgan fingerprint density at radius 2 is 0.710 bits per heavy atom. The van der Waals surface area contributed by atoms with E-state index < -0.39 is 9.84 Å². The number of halogens is 2. The third-order valence-corrected chi connectivity index (χ3v) is 9.52. The first-order valence-electron chi connectivity index (χ1n) is 12.7. The molecule has 0 aliphatic carbocycles. The van der Waals surface area contributed by atoms with Gasteiger partial charge in [-0.2, -0.15) is 0 Å². The molecule has 0 bridgehead atoms. The Balaban J connectivity index is -0.00000392. The molecule has 0 saturated carbocycles. The number of nitrogens with zero attached hydrogens (tertiary/aromatic N) is 2. The number of hydrogen-bond acceptors (Lipinski definition) is 2. The summed E-state index contributed by atoms with van der Waals surface area (Å²) in [6, 6.07) is 0. The minimum absolute atomic E-state index is 0. The Labute approximate surface area is 230 Å². The Hall–Kier alpha value is 1.33. The van der Waals surface area contributed by atoms with E-state index in [4.69, 9.17) is 0 Å². The molecule has 0 radical (unpaired) electrons. The maximum atomic E-state index is 12.3. The molecule has 0 aliphatic heterocycles. The van der Waals surface area contributed by atoms with Gasteiger partial charge in [-0.05, 0) is 80.1 Å². The van der Waals surface area contributed by atoms with Crippen LogP contribution in [0.15, 0.2) is 0 Å². The minimum Gasteiger partial charge on any atom is -1.00 e. The lowest BCUT2D eigenvalue weighted by Crippen LogP contribution is -3.00. The predicted octanol–water partition coefficient (Wildman–Crippen LogP) is -0.717. The summed E-state index contributed by atoms with van der Waals surface area (Å²) in [7, 11) is -2.85. The fourth-order valence-electron chi connectivity index (χ4n) is 4.64. The zero-order chi connectivity index (χ0) is 22.2. The predicted molar refractivity (Wildman–Crippen MR) is 129 cm³/mol. The minimum atomic E-state index is -2.85. The molecule has 0 aromatic rings. The molecular weight excluding hydrogens is 634 g/mol. The summed E-state index contributed by atoms with van der Waals surface area (Å²) >= 11 is 0. The van der Waals surface area contributed by atoms with Crippen molar-refractivity contribution >= 4 is 9.84 Å². The zero-order valence-electron chi connectivity index (χ0n) is 21.6. The van der Waals surface area contributed by atoms with Gasteiger partial charge in [-0.1, -0.05) is 12.8 Å². The molecule has 0 aromatic heterocycles. The number of sulfone groups is 1. The van der Waals surface area contributed by atoms with Crippen molar-refractivity contribution in [3.63, 3.8) is 0 Å². The van der Waals surface area contributed by atoms with Gasteiger partial charge in [0.2, 0.25) is 0 Å². The Kier molecular flexibility index (Phi) is 24.6. The van der Waals surface area contributed by atoms with Crippen molar-refractivity contribution in [3.8, 4) is 0 Å². The van der Waals surface area contributed by atoms with Gasteiger partial charge in [-0.25, -0.2) is 8.42 Å². The average Bonchev–Trinajstić information content (AvgIpc) is 2.74. The normalized spacial score (nSPS) is 12.3. The van der Waals surface area contributed by atoms with Crippen LogP contribution in [0.1, 0.15) is 92.9 Å². The average molecular weight is 689 g/mol. The van der Waals surface area contributed by atoms with Gasteiger partial charge in [0.05, 0.1) is 63.9 Å². The molecule has 0 aromatic carbocycles. The molecule has 0 saturated heterocycles. The van der Waals surface area contributed by atoms with Crippen LogP contribution in [0.25, 0.3) is 0 Å². The Morgan fingerprint density at radius 3 is 0.968 bits per heavy atom. The van der Waals surface area contributed by atoms with Gasteiger partial charge in [-0.3, -0.25) is 0 Å². The van der Waals surface area contributed by atoms with E-state index in [-0.39, 0.29) is 48.0 Å². The largest absolute Gasteiger partial charge is 1.00 e. The first kappa shape index (κ1) is 36.9. The van der Waals surface area contributed by atoms with Gasteiger partial charge >= 0.3 is 0 Å². The van der Waals surface area contributed by atoms with E-state index in [2.05, 4.69) is 41.5 Å². The van der Waals surface area contributed by atoms with Crippen LogP contribution in [0.5, 0.6) is 0 Å². The summed E-state index contributed by atoms with van der Waals surface area (Å²) in [5.74, 6) is 0.785. The monoisotopic (exact) mass is 688 g/mol. The lowest BCUT2D eigenvalue weighted by molar-refractivity contribution is -0.923. The van der Waals surface area contributed by atoms with E-state index in [1.807, 2.05) is 0 Å². The molecule has 0 fully saturated rings. The van der Waals surface area contributed by atoms with Gasteiger partial charge in [0, 0.05) is 0 Å². The van der Waals surface area contributed by atoms with E-state index >= 15 is 0 Å². The lowest BCUT2D eigenvalue weighted by Gasteiger charge is -2.35. The summed E-state index contributed by atoms with van der Waals surface area (Å²) in [5.41, 5.74) is 0. The Bertz CT molecular complexity index is 439. The van der Waals surface area contributed by atoms with E-state index in [0.717, 1.165) is 25.7 Å². The number of unbranched alkanes of at least 4 members (excludes halogenated alkanes) is 6. The highest BCUT2D eigenvalue weighted by Crippen LogP contribution is 2.13. The highest BCUT2D eigenvalue weighted by molar-refractivity contribution is 7.91. The second-order valence-electron chi connectivity index (χ2n) is 9.01. The zero-order valence-corrected chi connectivity index (χ0v) is 26.7. The van der Waals surface area contributed by atoms with E-state index in [1.54, 1.807) is 0 Å². The fraction of sp³-hybridized carbons (Fsp3) is 1.00. The quantitative estimate of drug-likeness (QED) is 0.0964. The van der Waals surface area contributed by atoms with Gasteiger partial charge < -0.3 is 56.9 Å². The van der Waals surface area contributed by atoms with E-state index in [9.17, 15) is 8.42 Å². The van der Waals surface area contributed by atoms with Crippen molar-refractivity contribution in [3.05, 3.63) is 0 Å². The summed E-state index contributed by atoms with van der Waals surface area (Å²) in [6.07, 6.45) is 8.59. The first-order valence-corrected chi connectivity index (χ1v) is 14.5. The third-order valence-electron chi connectivity index (χ3n) is 7.70. The van der Waals surface area contributed by atoms with Crippen molar-refractivity contribution in [2.45, 2.75) is 92.9 Å². The molecule has 0 heterocycles. The van der Waals surface area contributed by atoms with E-state index in [1.165, 1.54) is 87.0 Å². The molecule has 0 amide bonds. The highest BCUT2D eigenvalue weighted by Gasteiger charge is 2.20. The standard InChI is InChI=1S/C24H54N2O2S.2HI/c1-7-25(8-2,9-3)21-17-13-15-19-23-29(27,28)24-20-16-14-18-22-26(10-4,11-5)12-6;;/h7-24H2,1-6H3;2*1H/q+2;;/p-2. The van der Waals surface area contributed by atoms with Gasteiger partial charge in [0.25, 0.3) is 0 Å². The Morgan fingerprint density at radius 1 is 0.452 bits per heavy atom. The maximum Gasteiger partial charge on any atom is 0.150 e. The molecule has 0 aliphatic rings. The van der Waals surface area contributed by atoms with Crippen molar-refractivity contribution in [2.75, 3.05) is 63.9 Å². The lowest BCUT2D eigenvalue weighted by atomic mass is 10.1. The number of rotatable bonds is 20. The van der Waals surface area contributed by atoms with Crippen LogP contribution in [0.4, 0.5) is 0 Å². The van der Waals surface area contributed by atoms with Crippen LogP contribution in [0.2, 0.25) is 0 Å². The third kappa shape index (κ3) is 15.8. The second kappa shape index (κ2) is 20.7. The first-order chi connectivity index (χ1) is 13.8. The molecule has 31 heavy (non-hydrogen) atoms. The molecule has 0 atom stereocenters. The summed E-state index contributed by atoms with van der Waals surface area (Å²) in [5, 5.41) is 0. The molecule has 0 rings (SSSR count). The van der Waals surface area contributed by atoms with Crippen LogP contribution in [0.3, 0.4) is 0 Å². The van der Waals surface area contributed by atoms with Crippen LogP contribution >= 0.6 is 0 Å². The van der Waals surface area contributed by atoms with Crippen LogP contribution < -0.4 is 48.0 Å². The van der Waals surface area contributed by atoms with Crippen molar-refractivity contribution in [2.24, 2.45) is 0 Å². The molecule has 0 unspecified atom stereocenters. The van der Waals surface area contributed by atoms with Crippen LogP contribution in [0, 0.1) is 0 Å². The smallest absolute Gasteiger partial charge is 0.150 e. The topological polar surface area (TPSA) is 34.1 Å². The van der Waals surface area contributed by atoms with Crippen LogP contribution in [-0.4, -0.2) is 81.2 Å². The summed E-state index contributed by atoms with van der Waals surface area (Å²) in [6.45, 7) is 23.4. The summed E-state index contributed by atoms with van der Waals surface area (Å²) < 4.78 is 27.0. The highest BCUT2D eigenvalue weighted by atomic mass is 127. The van der Waals surface area contributed by atoms with Gasteiger partial charge in [0.15, 0.2) is 0 Å². The molecule has 4 nitrogen and oxygen atoms in total. The second-order valence-corrected chi connectivity index (χ2v) is 11.3. The number of quaternary nitrogens is 2. The van der Waals surface area contributed by atoms with Gasteiger partial charge in [0.1, 0.15) is 9.84 Å². The molecule has 0 spiro atoms. The van der Waals surface area contributed by atoms with Crippen molar-refractivity contribution < 1.29 is 65.3 Å². The van der Waals surface area contributed by atoms with Gasteiger partial charge in [-0.15, -0.1) is 0 Å². The SMILES string of the molecule is CC[N+](CC)(CC)CCCCCCS(=O)(=O)CCCCCC[N+](CC)(CC)CC.[I-].[I-]. The van der Waals surface area contributed by atoms with Crippen molar-refractivity contribution in [1.29, 1.82) is 0 Å². The van der Waals surface area contributed by atoms with Crippen LogP contribution in [-0.2, 0) is 9.84 Å². The van der Waals surface area contributed by atoms with Crippen molar-refractivity contribution in [1.82, 2.24) is 0 Å². The summed E-state index contributed by atoms with van der Waals surface area (Å²) in [4.78, 5) is 0.